The molecule has 1 saturated carbocycles. The van der Waals surface area contributed by atoms with E-state index in [1.54, 1.807) is 0 Å². The molecule has 0 heterocycles. The summed E-state index contributed by atoms with van der Waals surface area (Å²) in [5.41, 5.74) is 0.609. The SMILES string of the molecule is CCCOc1ccc2ccccc2c1CC1(C(=O)ON)CC1. The highest BCUT2D eigenvalue weighted by Crippen LogP contribution is 2.51. The van der Waals surface area contributed by atoms with Crippen LogP contribution in [0.15, 0.2) is 36.4 Å². The standard InChI is InChI=1S/C18H21NO3/c1-2-11-21-16-8-7-13-5-3-4-6-14(13)15(16)12-18(9-10-18)17(20)22-19/h3-8H,2,9-12,19H2,1H3. The Kier molecular flexibility index (Phi) is 4.03. The van der Waals surface area contributed by atoms with E-state index in [-0.39, 0.29) is 5.97 Å². The molecular weight excluding hydrogens is 278 g/mol. The molecule has 0 bridgehead atoms. The second-order valence-corrected chi connectivity index (χ2v) is 5.97. The minimum Gasteiger partial charge on any atom is -0.493 e. The molecule has 0 radical (unpaired) electrons. The lowest BCUT2D eigenvalue weighted by atomic mass is 9.92. The van der Waals surface area contributed by atoms with Gasteiger partial charge in [0.15, 0.2) is 0 Å². The van der Waals surface area contributed by atoms with Gasteiger partial charge in [0.2, 0.25) is 0 Å². The van der Waals surface area contributed by atoms with Crippen LogP contribution in [-0.4, -0.2) is 12.6 Å². The first kappa shape index (κ1) is 14.9. The molecule has 22 heavy (non-hydrogen) atoms. The first-order valence-electron chi connectivity index (χ1n) is 7.75. The molecule has 0 amide bonds. The largest absolute Gasteiger partial charge is 0.493 e. The molecule has 0 atom stereocenters. The third-order valence-electron chi connectivity index (χ3n) is 4.37. The molecule has 116 valence electrons. The Morgan fingerprint density at radius 2 is 2.00 bits per heavy atom. The molecule has 4 heteroatoms. The fourth-order valence-corrected chi connectivity index (χ4v) is 2.91. The molecule has 0 aromatic heterocycles. The van der Waals surface area contributed by atoms with Crippen LogP contribution in [0.5, 0.6) is 5.75 Å². The topological polar surface area (TPSA) is 61.5 Å². The highest BCUT2D eigenvalue weighted by molar-refractivity contribution is 5.89. The Balaban J connectivity index is 2.03. The summed E-state index contributed by atoms with van der Waals surface area (Å²) in [5.74, 6) is 5.64. The van der Waals surface area contributed by atoms with Crippen LogP contribution in [0.1, 0.15) is 31.7 Å². The molecule has 0 spiro atoms. The summed E-state index contributed by atoms with van der Waals surface area (Å²) >= 11 is 0. The van der Waals surface area contributed by atoms with Crippen molar-refractivity contribution in [1.29, 1.82) is 0 Å². The number of ether oxygens (including phenoxy) is 1. The molecule has 4 nitrogen and oxygen atoms in total. The van der Waals surface area contributed by atoms with Gasteiger partial charge in [-0.15, -0.1) is 0 Å². The van der Waals surface area contributed by atoms with Gasteiger partial charge in [0, 0.05) is 5.56 Å². The minimum absolute atomic E-state index is 0.318. The molecule has 2 N–H and O–H groups in total. The first-order chi connectivity index (χ1) is 10.7. The van der Waals surface area contributed by atoms with Crippen LogP contribution in [0.3, 0.4) is 0 Å². The number of nitrogens with two attached hydrogens (primary N) is 1. The lowest BCUT2D eigenvalue weighted by Crippen LogP contribution is -2.24. The molecule has 0 unspecified atom stereocenters. The predicted octanol–water partition coefficient (Wildman–Crippen LogP) is 3.37. The number of carbonyl (C=O) groups is 1. The van der Waals surface area contributed by atoms with Crippen LogP contribution >= 0.6 is 0 Å². The summed E-state index contributed by atoms with van der Waals surface area (Å²) in [6, 6.07) is 12.2. The minimum atomic E-state index is -0.469. The Labute approximate surface area is 130 Å². The predicted molar refractivity (Wildman–Crippen MR) is 85.4 cm³/mol. The van der Waals surface area contributed by atoms with Crippen molar-refractivity contribution in [3.8, 4) is 5.75 Å². The number of carbonyl (C=O) groups excluding carboxylic acids is 1. The Bertz CT molecular complexity index is 692. The molecular formula is C18H21NO3. The van der Waals surface area contributed by atoms with E-state index < -0.39 is 5.41 Å². The quantitative estimate of drug-likeness (QED) is 0.831. The average Bonchev–Trinajstić information content (AvgIpc) is 3.34. The van der Waals surface area contributed by atoms with E-state index in [0.29, 0.717) is 13.0 Å². The molecule has 2 aromatic rings. The summed E-state index contributed by atoms with van der Waals surface area (Å²) in [4.78, 5) is 16.5. The monoisotopic (exact) mass is 299 g/mol. The maximum Gasteiger partial charge on any atom is 0.330 e. The molecule has 2 aromatic carbocycles. The first-order valence-corrected chi connectivity index (χ1v) is 7.75. The Hall–Kier alpha value is -2.07. The van der Waals surface area contributed by atoms with Crippen molar-refractivity contribution in [3.63, 3.8) is 0 Å². The van der Waals surface area contributed by atoms with Crippen molar-refractivity contribution in [2.75, 3.05) is 6.61 Å². The average molecular weight is 299 g/mol. The van der Waals surface area contributed by atoms with E-state index in [1.807, 2.05) is 18.2 Å². The highest BCUT2D eigenvalue weighted by atomic mass is 16.7. The van der Waals surface area contributed by atoms with Crippen molar-refractivity contribution in [1.82, 2.24) is 0 Å². The summed E-state index contributed by atoms with van der Waals surface area (Å²) in [6.45, 7) is 2.74. The van der Waals surface area contributed by atoms with Crippen LogP contribution in [-0.2, 0) is 16.1 Å². The molecule has 0 aliphatic heterocycles. The van der Waals surface area contributed by atoms with Crippen molar-refractivity contribution in [2.45, 2.75) is 32.6 Å². The van der Waals surface area contributed by atoms with Crippen molar-refractivity contribution in [3.05, 3.63) is 42.0 Å². The van der Waals surface area contributed by atoms with Crippen LogP contribution < -0.4 is 10.6 Å². The summed E-state index contributed by atoms with van der Waals surface area (Å²) in [6.07, 6.45) is 3.20. The maximum absolute atomic E-state index is 12.0. The van der Waals surface area contributed by atoms with Gasteiger partial charge in [-0.25, -0.2) is 4.79 Å². The third kappa shape index (κ3) is 2.66. The van der Waals surface area contributed by atoms with Gasteiger partial charge in [-0.2, -0.15) is 5.90 Å². The fraction of sp³-hybridized carbons (Fsp3) is 0.389. The van der Waals surface area contributed by atoms with Gasteiger partial charge in [-0.1, -0.05) is 37.3 Å². The summed E-state index contributed by atoms with van der Waals surface area (Å²) in [5, 5.41) is 2.28. The lowest BCUT2D eigenvalue weighted by Gasteiger charge is -2.18. The lowest BCUT2D eigenvalue weighted by molar-refractivity contribution is -0.150. The van der Waals surface area contributed by atoms with Gasteiger partial charge in [0.1, 0.15) is 5.75 Å². The number of benzene rings is 2. The van der Waals surface area contributed by atoms with Gasteiger partial charge >= 0.3 is 5.97 Å². The van der Waals surface area contributed by atoms with E-state index in [2.05, 4.69) is 30.0 Å². The van der Waals surface area contributed by atoms with E-state index in [4.69, 9.17) is 10.6 Å². The molecule has 3 rings (SSSR count). The van der Waals surface area contributed by atoms with Gasteiger partial charge in [0.05, 0.1) is 12.0 Å². The Morgan fingerprint density at radius 1 is 1.23 bits per heavy atom. The maximum atomic E-state index is 12.0. The second kappa shape index (κ2) is 5.97. The normalized spacial score (nSPS) is 15.5. The van der Waals surface area contributed by atoms with Gasteiger partial charge < -0.3 is 9.57 Å². The van der Waals surface area contributed by atoms with Gasteiger partial charge in [-0.05, 0) is 42.5 Å². The third-order valence-corrected chi connectivity index (χ3v) is 4.37. The number of rotatable bonds is 6. The van der Waals surface area contributed by atoms with Crippen molar-refractivity contribution < 1.29 is 14.4 Å². The van der Waals surface area contributed by atoms with Crippen molar-refractivity contribution in [2.24, 2.45) is 11.3 Å². The molecule has 1 aliphatic rings. The van der Waals surface area contributed by atoms with Crippen molar-refractivity contribution >= 4 is 16.7 Å². The number of fused-ring (bicyclic) bond motifs is 1. The zero-order valence-electron chi connectivity index (χ0n) is 12.8. The summed E-state index contributed by atoms with van der Waals surface area (Å²) < 4.78 is 5.90. The fourth-order valence-electron chi connectivity index (χ4n) is 2.91. The number of hydrogen-bond acceptors (Lipinski definition) is 4. The van der Waals surface area contributed by atoms with E-state index >= 15 is 0 Å². The Morgan fingerprint density at radius 3 is 2.68 bits per heavy atom. The van der Waals surface area contributed by atoms with Crippen LogP contribution in [0, 0.1) is 5.41 Å². The molecule has 0 saturated heterocycles. The smallest absolute Gasteiger partial charge is 0.330 e. The molecule has 1 aliphatic carbocycles. The highest BCUT2D eigenvalue weighted by Gasteiger charge is 2.51. The summed E-state index contributed by atoms with van der Waals surface area (Å²) in [7, 11) is 0. The van der Waals surface area contributed by atoms with E-state index in [9.17, 15) is 4.79 Å². The van der Waals surface area contributed by atoms with Gasteiger partial charge in [0.25, 0.3) is 0 Å². The van der Waals surface area contributed by atoms with Crippen LogP contribution in [0.25, 0.3) is 10.8 Å². The van der Waals surface area contributed by atoms with Crippen LogP contribution in [0.2, 0.25) is 0 Å². The second-order valence-electron chi connectivity index (χ2n) is 5.97. The van der Waals surface area contributed by atoms with Gasteiger partial charge in [-0.3, -0.25) is 0 Å². The number of hydrogen-bond donors (Lipinski definition) is 1. The van der Waals surface area contributed by atoms with E-state index in [1.165, 1.54) is 0 Å². The van der Waals surface area contributed by atoms with Crippen LogP contribution in [0.4, 0.5) is 0 Å². The zero-order chi connectivity index (χ0) is 15.6. The zero-order valence-corrected chi connectivity index (χ0v) is 12.8. The van der Waals surface area contributed by atoms with E-state index in [0.717, 1.165) is 41.3 Å². The molecule has 1 fully saturated rings.